The van der Waals surface area contributed by atoms with Gasteiger partial charge in [-0.15, -0.1) is 0 Å². The molecule has 106 valence electrons. The van der Waals surface area contributed by atoms with Crippen LogP contribution < -0.4 is 10.6 Å². The zero-order valence-corrected chi connectivity index (χ0v) is 12.7. The predicted octanol–water partition coefficient (Wildman–Crippen LogP) is 2.71. The van der Waals surface area contributed by atoms with Crippen molar-refractivity contribution in [1.29, 1.82) is 0 Å². The first-order valence-electron chi connectivity index (χ1n) is 6.93. The molecule has 2 N–H and O–H groups in total. The predicted molar refractivity (Wildman–Crippen MR) is 80.6 cm³/mol. The van der Waals surface area contributed by atoms with Crippen LogP contribution >= 0.6 is 0 Å². The summed E-state index contributed by atoms with van der Waals surface area (Å²) in [4.78, 5) is 12.2. The van der Waals surface area contributed by atoms with Gasteiger partial charge in [-0.25, -0.2) is 0 Å². The second kappa shape index (κ2) is 6.71. The minimum absolute atomic E-state index is 0.0103. The first kappa shape index (κ1) is 15.7. The molecule has 0 fully saturated rings. The molecule has 3 heteroatoms. The van der Waals surface area contributed by atoms with E-state index in [4.69, 9.17) is 0 Å². The summed E-state index contributed by atoms with van der Waals surface area (Å²) in [5.74, 6) is 0.0103. The van der Waals surface area contributed by atoms with Gasteiger partial charge in [-0.3, -0.25) is 4.79 Å². The first-order valence-corrected chi connectivity index (χ1v) is 6.93. The average molecular weight is 262 g/mol. The standard InChI is InChI=1S/C16H26N2O/c1-12(2)17-10-11-18-15(19)13-8-6-7-9-14(13)16(3,4)5/h6-9,12,17H,10-11H2,1-5H3,(H,18,19). The number of amides is 1. The molecule has 0 aliphatic rings. The van der Waals surface area contributed by atoms with E-state index in [0.29, 0.717) is 12.6 Å². The Kier molecular flexibility index (Phi) is 5.55. The minimum atomic E-state index is -0.0237. The van der Waals surface area contributed by atoms with Gasteiger partial charge in [0.05, 0.1) is 0 Å². The summed E-state index contributed by atoms with van der Waals surface area (Å²) in [6.07, 6.45) is 0. The van der Waals surface area contributed by atoms with E-state index < -0.39 is 0 Å². The smallest absolute Gasteiger partial charge is 0.251 e. The Morgan fingerprint density at radius 1 is 1.16 bits per heavy atom. The van der Waals surface area contributed by atoms with Gasteiger partial charge in [0.2, 0.25) is 0 Å². The summed E-state index contributed by atoms with van der Waals surface area (Å²) < 4.78 is 0. The van der Waals surface area contributed by atoms with Crippen LogP contribution in [0.2, 0.25) is 0 Å². The summed E-state index contributed by atoms with van der Waals surface area (Å²) >= 11 is 0. The number of nitrogens with one attached hydrogen (secondary N) is 2. The summed E-state index contributed by atoms with van der Waals surface area (Å²) in [5.41, 5.74) is 1.84. The van der Waals surface area contributed by atoms with E-state index in [2.05, 4.69) is 45.3 Å². The normalized spacial score (nSPS) is 11.7. The van der Waals surface area contributed by atoms with Gasteiger partial charge in [0.25, 0.3) is 5.91 Å². The van der Waals surface area contributed by atoms with Gasteiger partial charge in [-0.1, -0.05) is 52.8 Å². The molecule has 3 nitrogen and oxygen atoms in total. The van der Waals surface area contributed by atoms with E-state index in [1.165, 1.54) is 0 Å². The molecule has 0 aliphatic heterocycles. The van der Waals surface area contributed by atoms with E-state index >= 15 is 0 Å². The highest BCUT2D eigenvalue weighted by Gasteiger charge is 2.20. The molecule has 0 aliphatic carbocycles. The van der Waals surface area contributed by atoms with Crippen molar-refractivity contribution in [1.82, 2.24) is 10.6 Å². The number of carbonyl (C=O) groups excluding carboxylic acids is 1. The molecule has 0 unspecified atom stereocenters. The minimum Gasteiger partial charge on any atom is -0.351 e. The third-order valence-corrected chi connectivity index (χ3v) is 2.94. The molecule has 0 saturated carbocycles. The van der Waals surface area contributed by atoms with Crippen LogP contribution in [0.5, 0.6) is 0 Å². The maximum Gasteiger partial charge on any atom is 0.251 e. The SMILES string of the molecule is CC(C)NCCNC(=O)c1ccccc1C(C)(C)C. The van der Waals surface area contributed by atoms with Gasteiger partial charge in [0, 0.05) is 24.7 Å². The lowest BCUT2D eigenvalue weighted by atomic mass is 9.83. The molecule has 1 amide bonds. The number of rotatable bonds is 5. The number of carbonyl (C=O) groups is 1. The second-order valence-corrected chi connectivity index (χ2v) is 6.16. The first-order chi connectivity index (χ1) is 8.82. The van der Waals surface area contributed by atoms with Crippen LogP contribution in [0.25, 0.3) is 0 Å². The quantitative estimate of drug-likeness (QED) is 0.801. The highest BCUT2D eigenvalue weighted by molar-refractivity contribution is 5.96. The van der Waals surface area contributed by atoms with Gasteiger partial charge < -0.3 is 10.6 Å². The van der Waals surface area contributed by atoms with E-state index in [1.807, 2.05) is 24.3 Å². The fraction of sp³-hybridized carbons (Fsp3) is 0.562. The van der Waals surface area contributed by atoms with Crippen molar-refractivity contribution in [2.45, 2.75) is 46.1 Å². The van der Waals surface area contributed by atoms with Crippen molar-refractivity contribution in [3.05, 3.63) is 35.4 Å². The third-order valence-electron chi connectivity index (χ3n) is 2.94. The Morgan fingerprint density at radius 2 is 1.79 bits per heavy atom. The van der Waals surface area contributed by atoms with Gasteiger partial charge in [-0.2, -0.15) is 0 Å². The maximum atomic E-state index is 12.2. The molecule has 0 radical (unpaired) electrons. The van der Waals surface area contributed by atoms with Crippen LogP contribution in [0.4, 0.5) is 0 Å². The van der Waals surface area contributed by atoms with Crippen molar-refractivity contribution >= 4 is 5.91 Å². The lowest BCUT2D eigenvalue weighted by molar-refractivity contribution is 0.0951. The van der Waals surface area contributed by atoms with Gasteiger partial charge >= 0.3 is 0 Å². The van der Waals surface area contributed by atoms with Crippen LogP contribution in [0.3, 0.4) is 0 Å². The van der Waals surface area contributed by atoms with Crippen molar-refractivity contribution in [3.8, 4) is 0 Å². The Balaban J connectivity index is 2.67. The Bertz CT molecular complexity index is 419. The van der Waals surface area contributed by atoms with E-state index in [-0.39, 0.29) is 11.3 Å². The molecule has 1 rings (SSSR count). The molecule has 0 saturated heterocycles. The molecular formula is C16H26N2O. The van der Waals surface area contributed by atoms with Crippen molar-refractivity contribution < 1.29 is 4.79 Å². The molecule has 0 aromatic heterocycles. The second-order valence-electron chi connectivity index (χ2n) is 6.16. The number of hydrogen-bond donors (Lipinski definition) is 2. The maximum absolute atomic E-state index is 12.2. The number of hydrogen-bond acceptors (Lipinski definition) is 2. The monoisotopic (exact) mass is 262 g/mol. The lowest BCUT2D eigenvalue weighted by Crippen LogP contribution is -2.35. The molecule has 19 heavy (non-hydrogen) atoms. The fourth-order valence-corrected chi connectivity index (χ4v) is 1.97. The summed E-state index contributed by atoms with van der Waals surface area (Å²) in [6, 6.07) is 8.26. The highest BCUT2D eigenvalue weighted by Crippen LogP contribution is 2.25. The zero-order valence-electron chi connectivity index (χ0n) is 12.7. The van der Waals surface area contributed by atoms with Gasteiger partial charge in [-0.05, 0) is 17.0 Å². The van der Waals surface area contributed by atoms with Crippen LogP contribution in [0, 0.1) is 0 Å². The molecule has 0 bridgehead atoms. The summed E-state index contributed by atoms with van der Waals surface area (Å²) in [6.45, 7) is 12.0. The largest absolute Gasteiger partial charge is 0.351 e. The summed E-state index contributed by atoms with van der Waals surface area (Å²) in [5, 5.41) is 6.25. The molecule has 1 aromatic carbocycles. The molecule has 0 spiro atoms. The molecule has 0 heterocycles. The van der Waals surface area contributed by atoms with E-state index in [9.17, 15) is 4.79 Å². The van der Waals surface area contributed by atoms with E-state index in [0.717, 1.165) is 17.7 Å². The van der Waals surface area contributed by atoms with Crippen LogP contribution in [0.1, 0.15) is 50.5 Å². The number of benzene rings is 1. The van der Waals surface area contributed by atoms with Gasteiger partial charge in [0.1, 0.15) is 0 Å². The zero-order chi connectivity index (χ0) is 14.5. The van der Waals surface area contributed by atoms with Crippen LogP contribution in [-0.2, 0) is 5.41 Å². The average Bonchev–Trinajstić information content (AvgIpc) is 2.33. The van der Waals surface area contributed by atoms with Crippen molar-refractivity contribution in [2.24, 2.45) is 0 Å². The molecule has 0 atom stereocenters. The molecular weight excluding hydrogens is 236 g/mol. The highest BCUT2D eigenvalue weighted by atomic mass is 16.1. The third kappa shape index (κ3) is 5.03. The Hall–Kier alpha value is -1.35. The molecule has 1 aromatic rings. The van der Waals surface area contributed by atoms with E-state index in [1.54, 1.807) is 0 Å². The Morgan fingerprint density at radius 3 is 2.37 bits per heavy atom. The van der Waals surface area contributed by atoms with Crippen LogP contribution in [0.15, 0.2) is 24.3 Å². The van der Waals surface area contributed by atoms with Crippen molar-refractivity contribution in [3.63, 3.8) is 0 Å². The Labute approximate surface area is 116 Å². The van der Waals surface area contributed by atoms with Crippen LogP contribution in [-0.4, -0.2) is 25.0 Å². The van der Waals surface area contributed by atoms with Gasteiger partial charge in [0.15, 0.2) is 0 Å². The lowest BCUT2D eigenvalue weighted by Gasteiger charge is -2.22. The summed E-state index contributed by atoms with van der Waals surface area (Å²) in [7, 11) is 0. The fourth-order valence-electron chi connectivity index (χ4n) is 1.97. The topological polar surface area (TPSA) is 41.1 Å². The van der Waals surface area contributed by atoms with Crippen molar-refractivity contribution in [2.75, 3.05) is 13.1 Å².